The normalized spacial score (nSPS) is 13.9. The summed E-state index contributed by atoms with van der Waals surface area (Å²) in [6, 6.07) is 60.0. The first kappa shape index (κ1) is 31.1. The van der Waals surface area contributed by atoms with Crippen molar-refractivity contribution in [3.05, 3.63) is 193 Å². The fraction of sp³-hybridized carbons (Fsp3) is 0.0385. The van der Waals surface area contributed by atoms with Crippen LogP contribution in [0.25, 0.3) is 91.1 Å². The van der Waals surface area contributed by atoms with Crippen LogP contribution in [-0.4, -0.2) is 0 Å². The third kappa shape index (κ3) is 4.77. The second-order valence-corrected chi connectivity index (χ2v) is 15.3. The van der Waals surface area contributed by atoms with Gasteiger partial charge in [0.2, 0.25) is 0 Å². The van der Waals surface area contributed by atoms with Gasteiger partial charge in [-0.25, -0.2) is 0 Å². The Balaban J connectivity index is 1.03. The van der Waals surface area contributed by atoms with Crippen molar-refractivity contribution in [2.45, 2.75) is 13.3 Å². The lowest BCUT2D eigenvalue weighted by Crippen LogP contribution is -1.93. The molecule has 11 rings (SSSR count). The lowest BCUT2D eigenvalue weighted by Gasteiger charge is -2.19. The first-order valence-corrected chi connectivity index (χ1v) is 19.5. The summed E-state index contributed by atoms with van der Waals surface area (Å²) < 4.78 is 9.43. The number of fused-ring (bicyclic) bond motifs is 10. The summed E-state index contributed by atoms with van der Waals surface area (Å²) in [5.41, 5.74) is 8.58. The van der Waals surface area contributed by atoms with Crippen LogP contribution in [0, 0.1) is 0 Å². The second kappa shape index (κ2) is 12.3. The van der Waals surface area contributed by atoms with E-state index in [4.69, 9.17) is 4.74 Å². The molecule has 254 valence electrons. The van der Waals surface area contributed by atoms with E-state index in [0.29, 0.717) is 0 Å². The van der Waals surface area contributed by atoms with Crippen LogP contribution in [-0.2, 0) is 6.42 Å². The number of hydrogen-bond donors (Lipinski definition) is 0. The van der Waals surface area contributed by atoms with Crippen LogP contribution in [0.1, 0.15) is 18.1 Å². The minimum Gasteiger partial charge on any atom is -0.460 e. The molecule has 2 heteroatoms. The van der Waals surface area contributed by atoms with Crippen LogP contribution in [0.5, 0.6) is 5.75 Å². The molecule has 9 aromatic carbocycles. The SMILES string of the molecule is C/C=C(\C=C1/Cc2ccc3ccc4c5ccccc5sc4c3c2O1)c1cccc(-c2c3ccccc3c(-c3cccc4ccccc34)c3ccccc23)c1. The molecule has 0 fully saturated rings. The van der Waals surface area contributed by atoms with E-state index in [1.165, 1.54) is 96.6 Å². The maximum absolute atomic E-state index is 6.82. The van der Waals surface area contributed by atoms with Crippen molar-refractivity contribution in [1.29, 1.82) is 0 Å². The van der Waals surface area contributed by atoms with Gasteiger partial charge in [-0.15, -0.1) is 11.3 Å². The summed E-state index contributed by atoms with van der Waals surface area (Å²) in [5.74, 6) is 1.98. The van der Waals surface area contributed by atoms with E-state index in [0.717, 1.165) is 23.5 Å². The molecule has 1 aliphatic heterocycles. The van der Waals surface area contributed by atoms with Crippen molar-refractivity contribution < 1.29 is 4.74 Å². The van der Waals surface area contributed by atoms with Crippen molar-refractivity contribution in [3.63, 3.8) is 0 Å². The molecule has 0 N–H and O–H groups in total. The van der Waals surface area contributed by atoms with Gasteiger partial charge < -0.3 is 4.74 Å². The average molecular weight is 707 g/mol. The van der Waals surface area contributed by atoms with Crippen molar-refractivity contribution >= 4 is 80.2 Å². The maximum Gasteiger partial charge on any atom is 0.139 e. The minimum absolute atomic E-state index is 0.772. The van der Waals surface area contributed by atoms with Gasteiger partial charge in [-0.1, -0.05) is 158 Å². The van der Waals surface area contributed by atoms with Gasteiger partial charge in [-0.05, 0) is 96.2 Å². The summed E-state index contributed by atoms with van der Waals surface area (Å²) in [6.45, 7) is 2.13. The number of thiophene rings is 1. The van der Waals surface area contributed by atoms with Crippen molar-refractivity contribution in [1.82, 2.24) is 0 Å². The zero-order valence-electron chi connectivity index (χ0n) is 29.8. The highest BCUT2D eigenvalue weighted by molar-refractivity contribution is 7.26. The Hall–Kier alpha value is -6.48. The largest absolute Gasteiger partial charge is 0.460 e. The minimum atomic E-state index is 0.772. The summed E-state index contributed by atoms with van der Waals surface area (Å²) >= 11 is 1.86. The molecule has 0 spiro atoms. The van der Waals surface area contributed by atoms with E-state index in [1.807, 2.05) is 11.3 Å². The quantitative estimate of drug-likeness (QED) is 0.166. The molecule has 54 heavy (non-hydrogen) atoms. The van der Waals surface area contributed by atoms with Gasteiger partial charge in [0.05, 0.1) is 0 Å². The third-order valence-electron chi connectivity index (χ3n) is 11.3. The van der Waals surface area contributed by atoms with Crippen molar-refractivity contribution in [3.8, 4) is 28.0 Å². The summed E-state index contributed by atoms with van der Waals surface area (Å²) in [5, 5.41) is 12.6. The van der Waals surface area contributed by atoms with Gasteiger partial charge in [0, 0.05) is 37.5 Å². The zero-order valence-corrected chi connectivity index (χ0v) is 30.6. The monoisotopic (exact) mass is 706 g/mol. The lowest BCUT2D eigenvalue weighted by molar-refractivity contribution is 0.452. The van der Waals surface area contributed by atoms with Gasteiger partial charge in [0.15, 0.2) is 0 Å². The molecule has 0 saturated carbocycles. The molecule has 1 nitrogen and oxygen atoms in total. The number of rotatable bonds is 4. The van der Waals surface area contributed by atoms with E-state index >= 15 is 0 Å². The topological polar surface area (TPSA) is 9.23 Å². The van der Waals surface area contributed by atoms with E-state index in [2.05, 4.69) is 183 Å². The molecule has 0 radical (unpaired) electrons. The molecule has 0 atom stereocenters. The highest BCUT2D eigenvalue weighted by atomic mass is 32.1. The Morgan fingerprint density at radius 1 is 0.556 bits per heavy atom. The van der Waals surface area contributed by atoms with Crippen molar-refractivity contribution in [2.24, 2.45) is 0 Å². The molecule has 0 amide bonds. The molecular formula is C52H34OS. The first-order chi connectivity index (χ1) is 26.7. The predicted octanol–water partition coefficient (Wildman–Crippen LogP) is 14.9. The molecule has 0 unspecified atom stereocenters. The number of benzene rings is 9. The zero-order chi connectivity index (χ0) is 35.8. The van der Waals surface area contributed by atoms with E-state index in [9.17, 15) is 0 Å². The smallest absolute Gasteiger partial charge is 0.139 e. The van der Waals surface area contributed by atoms with Crippen LogP contribution in [0.3, 0.4) is 0 Å². The van der Waals surface area contributed by atoms with E-state index in [1.54, 1.807) is 0 Å². The third-order valence-corrected chi connectivity index (χ3v) is 12.5. The molecule has 1 aliphatic rings. The van der Waals surface area contributed by atoms with E-state index < -0.39 is 0 Å². The van der Waals surface area contributed by atoms with Crippen molar-refractivity contribution in [2.75, 3.05) is 0 Å². The fourth-order valence-corrected chi connectivity index (χ4v) is 10.1. The summed E-state index contributed by atoms with van der Waals surface area (Å²) in [4.78, 5) is 0. The fourth-order valence-electron chi connectivity index (χ4n) is 8.83. The Labute approximate surface area is 317 Å². The Morgan fingerprint density at radius 2 is 1.20 bits per heavy atom. The molecule has 10 aromatic rings. The highest BCUT2D eigenvalue weighted by Gasteiger charge is 2.24. The van der Waals surface area contributed by atoms with Gasteiger partial charge in [0.1, 0.15) is 11.5 Å². The van der Waals surface area contributed by atoms with Crippen LogP contribution < -0.4 is 4.74 Å². The predicted molar refractivity (Wildman–Crippen MR) is 233 cm³/mol. The Morgan fingerprint density at radius 3 is 1.98 bits per heavy atom. The molecule has 0 saturated heterocycles. The van der Waals surface area contributed by atoms with Crippen LogP contribution in [0.15, 0.2) is 182 Å². The van der Waals surface area contributed by atoms with Gasteiger partial charge in [0.25, 0.3) is 0 Å². The average Bonchev–Trinajstić information content (AvgIpc) is 3.83. The molecule has 1 aromatic heterocycles. The lowest BCUT2D eigenvalue weighted by atomic mass is 9.84. The number of allylic oxidation sites excluding steroid dienone is 4. The Bertz CT molecular complexity index is 3170. The van der Waals surface area contributed by atoms with Crippen LogP contribution in [0.4, 0.5) is 0 Å². The second-order valence-electron chi connectivity index (χ2n) is 14.3. The van der Waals surface area contributed by atoms with Gasteiger partial charge in [-0.3, -0.25) is 0 Å². The highest BCUT2D eigenvalue weighted by Crippen LogP contribution is 2.48. The summed E-state index contributed by atoms with van der Waals surface area (Å²) in [7, 11) is 0. The summed E-state index contributed by atoms with van der Waals surface area (Å²) in [6.07, 6.45) is 5.23. The standard InChI is InChI=1S/C52H34OS/c1-2-32(30-38-31-37-26-25-34-27-28-46-40-18-9-10-24-47(40)54-52(46)49(34)51(37)53-38)35-15-11-16-36(29-35)48-42-19-5-7-21-44(42)50(45-22-8-6-20-43(45)48)41-23-12-14-33-13-3-4-17-39(33)41/h2-30H,31H2,1H3/b32-2+,38-30+. The first-order valence-electron chi connectivity index (χ1n) is 18.7. The van der Waals surface area contributed by atoms with E-state index in [-0.39, 0.29) is 0 Å². The molecule has 2 heterocycles. The number of ether oxygens (including phenoxy) is 1. The maximum atomic E-state index is 6.82. The Kier molecular flexibility index (Phi) is 7.08. The van der Waals surface area contributed by atoms with Gasteiger partial charge in [-0.2, -0.15) is 0 Å². The number of hydrogen-bond acceptors (Lipinski definition) is 2. The van der Waals surface area contributed by atoms with Crippen LogP contribution in [0.2, 0.25) is 0 Å². The van der Waals surface area contributed by atoms with Gasteiger partial charge >= 0.3 is 0 Å². The van der Waals surface area contributed by atoms with Crippen LogP contribution >= 0.6 is 11.3 Å². The molecular weight excluding hydrogens is 673 g/mol. The molecule has 0 aliphatic carbocycles. The molecule has 0 bridgehead atoms.